The summed E-state index contributed by atoms with van der Waals surface area (Å²) < 4.78 is 16.2. The number of carbonyl (C=O) groups is 2. The fourth-order valence-electron chi connectivity index (χ4n) is 3.63. The van der Waals surface area contributed by atoms with E-state index in [1.54, 1.807) is 30.3 Å². The average molecular weight is 444 g/mol. The minimum absolute atomic E-state index is 0.248. The Hall–Kier alpha value is -4.10. The van der Waals surface area contributed by atoms with Crippen LogP contribution < -0.4 is 4.74 Å². The van der Waals surface area contributed by atoms with Crippen LogP contribution in [0.4, 0.5) is 0 Å². The first-order valence-electron chi connectivity index (χ1n) is 10.5. The smallest absolute Gasteiger partial charge is 0.331 e. The van der Waals surface area contributed by atoms with Crippen LogP contribution in [0.1, 0.15) is 32.4 Å². The van der Waals surface area contributed by atoms with Gasteiger partial charge in [0.25, 0.3) is 0 Å². The minimum Gasteiger partial charge on any atom is -0.457 e. The Morgan fingerprint density at radius 1 is 1.00 bits per heavy atom. The molecule has 0 aromatic heterocycles. The highest BCUT2D eigenvalue weighted by molar-refractivity contribution is 5.83. The highest BCUT2D eigenvalue weighted by atomic mass is 16.5. The first-order valence-corrected chi connectivity index (χ1v) is 10.5. The van der Waals surface area contributed by atoms with Crippen LogP contribution in [0.3, 0.4) is 0 Å². The Bertz CT molecular complexity index is 1130. The van der Waals surface area contributed by atoms with Crippen LogP contribution in [0.5, 0.6) is 11.5 Å². The Labute approximate surface area is 192 Å². The van der Waals surface area contributed by atoms with Crippen molar-refractivity contribution in [3.8, 4) is 23.6 Å². The Balaban J connectivity index is 1.65. The first-order chi connectivity index (χ1) is 15.8. The lowest BCUT2D eigenvalue weighted by Crippen LogP contribution is -2.14. The van der Waals surface area contributed by atoms with Crippen molar-refractivity contribution in [1.82, 2.24) is 0 Å². The van der Waals surface area contributed by atoms with Crippen LogP contribution in [0.25, 0.3) is 0 Å². The number of para-hydroxylation sites is 1. The lowest BCUT2D eigenvalue weighted by Gasteiger charge is -2.13. The van der Waals surface area contributed by atoms with Crippen LogP contribution >= 0.6 is 0 Å². The van der Waals surface area contributed by atoms with E-state index in [0.29, 0.717) is 17.1 Å². The van der Waals surface area contributed by atoms with Crippen molar-refractivity contribution >= 4 is 11.9 Å². The van der Waals surface area contributed by atoms with Crippen molar-refractivity contribution in [3.05, 3.63) is 72.3 Å². The highest BCUT2D eigenvalue weighted by Gasteiger charge is 2.61. The molecule has 0 amide bonds. The molecule has 7 nitrogen and oxygen atoms in total. The maximum atomic E-state index is 12.8. The Morgan fingerprint density at radius 2 is 1.70 bits per heavy atom. The van der Waals surface area contributed by atoms with Gasteiger partial charge in [0.15, 0.2) is 6.10 Å². The quantitative estimate of drug-likeness (QED) is 0.422. The second-order valence-corrected chi connectivity index (χ2v) is 8.33. The van der Waals surface area contributed by atoms with E-state index in [9.17, 15) is 14.9 Å². The van der Waals surface area contributed by atoms with Crippen LogP contribution in [0.15, 0.2) is 66.7 Å². The highest BCUT2D eigenvalue weighted by Crippen LogP contribution is 2.59. The molecule has 1 aliphatic rings. The molecule has 0 radical (unpaired) electrons. The summed E-state index contributed by atoms with van der Waals surface area (Å²) >= 11 is 0. The fourth-order valence-corrected chi connectivity index (χ4v) is 3.63. The molecule has 7 heteroatoms. The molecule has 0 saturated heterocycles. The third-order valence-corrected chi connectivity index (χ3v) is 5.57. The largest absolute Gasteiger partial charge is 0.457 e. The number of nitriles is 2. The van der Waals surface area contributed by atoms with Crippen molar-refractivity contribution < 1.29 is 23.8 Å². The number of carbonyl (C=O) groups excluding carboxylic acids is 2. The lowest BCUT2D eigenvalue weighted by atomic mass is 10.1. The Kier molecular flexibility index (Phi) is 7.15. The standard InChI is InChI=1S/C26H24N2O5/c1-17(15-27)31-23(29)13-12-21-24(26(21,2)3)25(30)33-22(16-28)18-8-7-11-20(14-18)32-19-9-5-4-6-10-19/h4-14,17,21-22,24H,1-3H3/b13-12-/t17-,21-,22-,24-/m0/s1. The summed E-state index contributed by atoms with van der Waals surface area (Å²) in [5.74, 6) is -0.750. The second kappa shape index (κ2) is 10.0. The van der Waals surface area contributed by atoms with E-state index >= 15 is 0 Å². The molecule has 0 unspecified atom stereocenters. The molecule has 1 saturated carbocycles. The number of nitrogens with zero attached hydrogens (tertiary/aromatic N) is 2. The number of rotatable bonds is 8. The van der Waals surface area contributed by atoms with E-state index in [1.165, 1.54) is 13.0 Å². The van der Waals surface area contributed by atoms with Crippen molar-refractivity contribution in [2.24, 2.45) is 17.3 Å². The van der Waals surface area contributed by atoms with Gasteiger partial charge in [-0.2, -0.15) is 10.5 Å². The molecular formula is C26H24N2O5. The van der Waals surface area contributed by atoms with Gasteiger partial charge in [0.05, 0.1) is 5.92 Å². The third-order valence-electron chi connectivity index (χ3n) is 5.57. The van der Waals surface area contributed by atoms with Gasteiger partial charge in [-0.1, -0.05) is 50.3 Å². The van der Waals surface area contributed by atoms with Crippen molar-refractivity contribution in [2.45, 2.75) is 33.0 Å². The molecule has 0 heterocycles. The molecule has 0 bridgehead atoms. The number of hydrogen-bond acceptors (Lipinski definition) is 7. The van der Waals surface area contributed by atoms with Crippen molar-refractivity contribution in [2.75, 3.05) is 0 Å². The van der Waals surface area contributed by atoms with Gasteiger partial charge in [0.2, 0.25) is 6.10 Å². The van der Waals surface area contributed by atoms with Crippen LogP contribution in [-0.4, -0.2) is 18.0 Å². The number of benzene rings is 2. The lowest BCUT2D eigenvalue weighted by molar-refractivity contribution is -0.149. The third kappa shape index (κ3) is 5.78. The van der Waals surface area contributed by atoms with Crippen LogP contribution in [0, 0.1) is 39.9 Å². The fraction of sp³-hybridized carbons (Fsp3) is 0.308. The molecule has 3 rings (SSSR count). The molecule has 0 N–H and O–H groups in total. The Morgan fingerprint density at radius 3 is 2.36 bits per heavy atom. The summed E-state index contributed by atoms with van der Waals surface area (Å²) in [7, 11) is 0. The molecule has 0 spiro atoms. The number of allylic oxidation sites excluding steroid dienone is 1. The van der Waals surface area contributed by atoms with Gasteiger partial charge >= 0.3 is 11.9 Å². The SMILES string of the molecule is C[C@@H](C#N)OC(=O)/C=C\[C@H]1[C@@H](C(=O)O[C@@H](C#N)c2cccc(Oc3ccccc3)c2)C1(C)C. The molecule has 33 heavy (non-hydrogen) atoms. The zero-order chi connectivity index (χ0) is 24.0. The molecule has 1 fully saturated rings. The summed E-state index contributed by atoms with van der Waals surface area (Å²) in [6.45, 7) is 5.23. The summed E-state index contributed by atoms with van der Waals surface area (Å²) in [6.07, 6.45) is 0.862. The van der Waals surface area contributed by atoms with E-state index < -0.39 is 35.5 Å². The van der Waals surface area contributed by atoms with Gasteiger partial charge in [-0.3, -0.25) is 4.79 Å². The van der Waals surface area contributed by atoms with Crippen molar-refractivity contribution in [1.29, 1.82) is 10.5 Å². The molecule has 2 aromatic carbocycles. The zero-order valence-electron chi connectivity index (χ0n) is 18.6. The topological polar surface area (TPSA) is 109 Å². The van der Waals surface area contributed by atoms with E-state index in [-0.39, 0.29) is 5.92 Å². The predicted molar refractivity (Wildman–Crippen MR) is 118 cm³/mol. The molecule has 4 atom stereocenters. The van der Waals surface area contributed by atoms with Gasteiger partial charge < -0.3 is 14.2 Å². The number of hydrogen-bond donors (Lipinski definition) is 0. The van der Waals surface area contributed by atoms with Gasteiger partial charge in [-0.25, -0.2) is 4.79 Å². The second-order valence-electron chi connectivity index (χ2n) is 8.33. The van der Waals surface area contributed by atoms with Gasteiger partial charge in [-0.15, -0.1) is 0 Å². The molecular weight excluding hydrogens is 420 g/mol. The molecule has 2 aromatic rings. The summed E-state index contributed by atoms with van der Waals surface area (Å²) in [6, 6.07) is 19.9. The number of esters is 2. The molecule has 0 aliphatic heterocycles. The van der Waals surface area contributed by atoms with Crippen LogP contribution in [0.2, 0.25) is 0 Å². The number of ether oxygens (including phenoxy) is 3. The summed E-state index contributed by atoms with van der Waals surface area (Å²) in [5.41, 5.74) is 0.0615. The van der Waals surface area contributed by atoms with E-state index in [4.69, 9.17) is 19.5 Å². The normalized spacial score (nSPS) is 20.0. The maximum Gasteiger partial charge on any atom is 0.331 e. The average Bonchev–Trinajstić information content (AvgIpc) is 3.36. The van der Waals surface area contributed by atoms with E-state index in [1.807, 2.05) is 56.3 Å². The summed E-state index contributed by atoms with van der Waals surface area (Å²) in [5, 5.41) is 18.3. The maximum absolute atomic E-state index is 12.8. The molecule has 168 valence electrons. The van der Waals surface area contributed by atoms with E-state index in [0.717, 1.165) is 0 Å². The monoisotopic (exact) mass is 444 g/mol. The van der Waals surface area contributed by atoms with Gasteiger partial charge in [0.1, 0.15) is 23.6 Å². The van der Waals surface area contributed by atoms with Crippen molar-refractivity contribution in [3.63, 3.8) is 0 Å². The summed E-state index contributed by atoms with van der Waals surface area (Å²) in [4.78, 5) is 24.6. The minimum atomic E-state index is -1.10. The van der Waals surface area contributed by atoms with Crippen LogP contribution in [-0.2, 0) is 19.1 Å². The van der Waals surface area contributed by atoms with Gasteiger partial charge in [0, 0.05) is 11.6 Å². The molecule has 1 aliphatic carbocycles. The van der Waals surface area contributed by atoms with E-state index in [2.05, 4.69) is 0 Å². The zero-order valence-corrected chi connectivity index (χ0v) is 18.6. The van der Waals surface area contributed by atoms with Gasteiger partial charge in [-0.05, 0) is 42.5 Å². The predicted octanol–water partition coefficient (Wildman–Crippen LogP) is 4.87. The first kappa shape index (κ1) is 23.6.